The second-order valence-corrected chi connectivity index (χ2v) is 2.89. The number of alkyl halides is 5. The number of aldehydes is 1. The van der Waals surface area contributed by atoms with Gasteiger partial charge in [0, 0.05) is 0 Å². The third-order valence-electron chi connectivity index (χ3n) is 1.81. The van der Waals surface area contributed by atoms with Crippen LogP contribution in [0.25, 0.3) is 0 Å². The Morgan fingerprint density at radius 3 is 2.35 bits per heavy atom. The summed E-state index contributed by atoms with van der Waals surface area (Å²) in [7, 11) is 0. The van der Waals surface area contributed by atoms with Gasteiger partial charge in [0.25, 0.3) is 6.43 Å². The first kappa shape index (κ1) is 13.0. The monoisotopic (exact) mass is 250 g/mol. The van der Waals surface area contributed by atoms with Crippen LogP contribution in [0.15, 0.2) is 6.07 Å². The van der Waals surface area contributed by atoms with Crippen molar-refractivity contribution in [2.75, 3.05) is 0 Å². The SMILES string of the molecule is N#Cc1cc(C=O)nc(C(F)(F)F)c1C(F)F. The van der Waals surface area contributed by atoms with E-state index >= 15 is 0 Å². The molecule has 0 aromatic carbocycles. The molecule has 3 nitrogen and oxygen atoms in total. The topological polar surface area (TPSA) is 53.8 Å². The Morgan fingerprint density at radius 1 is 1.41 bits per heavy atom. The largest absolute Gasteiger partial charge is 0.433 e. The minimum Gasteiger partial charge on any atom is -0.296 e. The summed E-state index contributed by atoms with van der Waals surface area (Å²) >= 11 is 0. The maximum absolute atomic E-state index is 12.5. The maximum Gasteiger partial charge on any atom is 0.433 e. The third kappa shape index (κ3) is 2.55. The van der Waals surface area contributed by atoms with E-state index in [0.717, 1.165) is 0 Å². The summed E-state index contributed by atoms with van der Waals surface area (Å²) in [5.74, 6) is 0. The van der Waals surface area contributed by atoms with Gasteiger partial charge in [0.15, 0.2) is 12.0 Å². The lowest BCUT2D eigenvalue weighted by Gasteiger charge is -2.12. The first-order valence-electron chi connectivity index (χ1n) is 4.06. The smallest absolute Gasteiger partial charge is 0.296 e. The zero-order chi connectivity index (χ0) is 13.2. The second-order valence-electron chi connectivity index (χ2n) is 2.89. The van der Waals surface area contributed by atoms with Crippen LogP contribution in [0, 0.1) is 11.3 Å². The summed E-state index contributed by atoms with van der Waals surface area (Å²) in [6.45, 7) is 0. The number of nitriles is 1. The number of nitrogens with zero attached hydrogens (tertiary/aromatic N) is 2. The lowest BCUT2D eigenvalue weighted by molar-refractivity contribution is -0.143. The van der Waals surface area contributed by atoms with Gasteiger partial charge in [-0.25, -0.2) is 13.8 Å². The average molecular weight is 250 g/mol. The van der Waals surface area contributed by atoms with E-state index in [1.807, 2.05) is 0 Å². The van der Waals surface area contributed by atoms with Gasteiger partial charge in [0.1, 0.15) is 5.69 Å². The van der Waals surface area contributed by atoms with Crippen LogP contribution in [-0.4, -0.2) is 11.3 Å². The highest BCUT2D eigenvalue weighted by Crippen LogP contribution is 2.36. The Hall–Kier alpha value is -2.04. The van der Waals surface area contributed by atoms with Crippen LogP contribution in [-0.2, 0) is 6.18 Å². The Balaban J connectivity index is 3.66. The van der Waals surface area contributed by atoms with Crippen molar-refractivity contribution in [2.45, 2.75) is 12.6 Å². The van der Waals surface area contributed by atoms with Crippen LogP contribution in [0.2, 0.25) is 0 Å². The molecule has 0 saturated heterocycles. The normalized spacial score (nSPS) is 11.4. The first-order valence-corrected chi connectivity index (χ1v) is 4.06. The van der Waals surface area contributed by atoms with Crippen molar-refractivity contribution in [2.24, 2.45) is 0 Å². The molecule has 17 heavy (non-hydrogen) atoms. The van der Waals surface area contributed by atoms with E-state index in [1.165, 1.54) is 6.07 Å². The van der Waals surface area contributed by atoms with Gasteiger partial charge in [-0.05, 0) is 6.07 Å². The van der Waals surface area contributed by atoms with Crippen LogP contribution < -0.4 is 0 Å². The van der Waals surface area contributed by atoms with Crippen LogP contribution in [0.3, 0.4) is 0 Å². The van der Waals surface area contributed by atoms with Crippen molar-refractivity contribution >= 4 is 6.29 Å². The van der Waals surface area contributed by atoms with E-state index in [0.29, 0.717) is 6.07 Å². The van der Waals surface area contributed by atoms with Crippen molar-refractivity contribution < 1.29 is 26.7 Å². The number of carbonyl (C=O) groups is 1. The molecule has 0 amide bonds. The van der Waals surface area contributed by atoms with Crippen LogP contribution in [0.4, 0.5) is 22.0 Å². The zero-order valence-corrected chi connectivity index (χ0v) is 7.92. The highest BCUT2D eigenvalue weighted by atomic mass is 19.4. The van der Waals surface area contributed by atoms with Crippen molar-refractivity contribution in [3.63, 3.8) is 0 Å². The summed E-state index contributed by atoms with van der Waals surface area (Å²) in [4.78, 5) is 13.1. The minimum atomic E-state index is -5.16. The van der Waals surface area contributed by atoms with Gasteiger partial charge in [-0.15, -0.1) is 0 Å². The number of rotatable bonds is 2. The van der Waals surface area contributed by atoms with Gasteiger partial charge in [-0.1, -0.05) is 0 Å². The lowest BCUT2D eigenvalue weighted by Crippen LogP contribution is -2.15. The van der Waals surface area contributed by atoms with Gasteiger partial charge in [0.05, 0.1) is 17.2 Å². The summed E-state index contributed by atoms with van der Waals surface area (Å²) in [5.41, 5.74) is -5.05. The fraction of sp³-hybridized carbons (Fsp3) is 0.222. The number of aromatic nitrogens is 1. The molecule has 90 valence electrons. The van der Waals surface area contributed by atoms with Gasteiger partial charge in [0.2, 0.25) is 0 Å². The standard InChI is InChI=1S/C9H3F5N2O/c10-8(11)6-4(2-15)1-5(3-17)16-7(6)9(12,13)14/h1,3,8H. The van der Waals surface area contributed by atoms with Crippen LogP contribution in [0.5, 0.6) is 0 Å². The summed E-state index contributed by atoms with van der Waals surface area (Å²) < 4.78 is 62.2. The number of hydrogen-bond donors (Lipinski definition) is 0. The molecule has 1 heterocycles. The predicted molar refractivity (Wildman–Crippen MR) is 44.3 cm³/mol. The van der Waals surface area contributed by atoms with Gasteiger partial charge in [-0.2, -0.15) is 18.4 Å². The first-order chi connectivity index (χ1) is 7.81. The number of halogens is 5. The fourth-order valence-corrected chi connectivity index (χ4v) is 1.16. The van der Waals surface area contributed by atoms with E-state index in [9.17, 15) is 26.7 Å². The molecule has 8 heteroatoms. The molecule has 1 rings (SSSR count). The molecule has 1 aromatic heterocycles. The number of carbonyl (C=O) groups excluding carboxylic acids is 1. The summed E-state index contributed by atoms with van der Waals surface area (Å²) in [6, 6.07) is 1.77. The highest BCUT2D eigenvalue weighted by Gasteiger charge is 2.39. The van der Waals surface area contributed by atoms with E-state index in [1.54, 1.807) is 0 Å². The minimum absolute atomic E-state index is 0.0503. The number of pyridine rings is 1. The molecule has 1 aromatic rings. The summed E-state index contributed by atoms with van der Waals surface area (Å²) in [6.07, 6.45) is -8.71. The molecule has 0 aliphatic heterocycles. The third-order valence-corrected chi connectivity index (χ3v) is 1.81. The van der Waals surface area contributed by atoms with E-state index in [-0.39, 0.29) is 6.29 Å². The quantitative estimate of drug-likeness (QED) is 0.599. The Kier molecular flexibility index (Phi) is 3.41. The molecule has 0 radical (unpaired) electrons. The molecule has 0 aliphatic rings. The van der Waals surface area contributed by atoms with E-state index in [2.05, 4.69) is 4.98 Å². The molecular formula is C9H3F5N2O. The zero-order valence-electron chi connectivity index (χ0n) is 7.92. The van der Waals surface area contributed by atoms with Crippen molar-refractivity contribution in [1.82, 2.24) is 4.98 Å². The summed E-state index contributed by atoms with van der Waals surface area (Å²) in [5, 5.41) is 8.48. The fourth-order valence-electron chi connectivity index (χ4n) is 1.16. The molecule has 0 spiro atoms. The van der Waals surface area contributed by atoms with Crippen molar-refractivity contribution in [1.29, 1.82) is 5.26 Å². The van der Waals surface area contributed by atoms with Gasteiger partial charge in [-0.3, -0.25) is 4.79 Å². The molecule has 0 aliphatic carbocycles. The predicted octanol–water partition coefficient (Wildman–Crippen LogP) is 2.72. The van der Waals surface area contributed by atoms with Gasteiger partial charge < -0.3 is 0 Å². The molecule has 0 N–H and O–H groups in total. The Morgan fingerprint density at radius 2 is 2.00 bits per heavy atom. The Labute approximate surface area is 91.5 Å². The van der Waals surface area contributed by atoms with E-state index in [4.69, 9.17) is 5.26 Å². The lowest BCUT2D eigenvalue weighted by atomic mass is 10.1. The second kappa shape index (κ2) is 4.45. The Bertz CT molecular complexity index is 489. The van der Waals surface area contributed by atoms with Gasteiger partial charge >= 0.3 is 6.18 Å². The van der Waals surface area contributed by atoms with Crippen molar-refractivity contribution in [3.05, 3.63) is 28.6 Å². The average Bonchev–Trinajstić information content (AvgIpc) is 2.25. The van der Waals surface area contributed by atoms with Crippen molar-refractivity contribution in [3.8, 4) is 6.07 Å². The maximum atomic E-state index is 12.5. The number of hydrogen-bond acceptors (Lipinski definition) is 3. The molecule has 0 bridgehead atoms. The molecule has 0 unspecified atom stereocenters. The van der Waals surface area contributed by atoms with E-state index < -0.39 is 35.1 Å². The molecule has 0 saturated carbocycles. The molecular weight excluding hydrogens is 247 g/mol. The molecule has 0 fully saturated rings. The van der Waals surface area contributed by atoms with Crippen LogP contribution in [0.1, 0.15) is 33.7 Å². The highest BCUT2D eigenvalue weighted by molar-refractivity contribution is 5.73. The molecule has 0 atom stereocenters. The van der Waals surface area contributed by atoms with Crippen LogP contribution >= 0.6 is 0 Å².